The first kappa shape index (κ1) is 28.8. The highest BCUT2D eigenvalue weighted by Gasteiger charge is 2.15. The van der Waals surface area contributed by atoms with Crippen molar-refractivity contribution in [3.8, 4) is 5.75 Å². The van der Waals surface area contributed by atoms with Crippen LogP contribution in [0.4, 0.5) is 0 Å². The zero-order valence-corrected chi connectivity index (χ0v) is 23.7. The van der Waals surface area contributed by atoms with E-state index in [1.54, 1.807) is 24.3 Å². The summed E-state index contributed by atoms with van der Waals surface area (Å²) in [6.07, 6.45) is 5.46. The lowest BCUT2D eigenvalue weighted by Gasteiger charge is -2.16. The number of rotatable bonds is 16. The molecule has 0 radical (unpaired) electrons. The lowest BCUT2D eigenvalue weighted by Crippen LogP contribution is -2.18. The van der Waals surface area contributed by atoms with Crippen molar-refractivity contribution in [1.29, 1.82) is 0 Å². The van der Waals surface area contributed by atoms with Crippen LogP contribution in [-0.2, 0) is 15.9 Å². The molecule has 2 rings (SSSR count). The van der Waals surface area contributed by atoms with Crippen molar-refractivity contribution in [3.63, 3.8) is 0 Å². The Hall–Kier alpha value is -1.40. The number of aromatic carboxylic acids is 1. The minimum Gasteiger partial charge on any atom is -0.493 e. The molecule has 0 bridgehead atoms. The normalized spacial score (nSPS) is 11.7. The molecule has 0 aliphatic heterocycles. The van der Waals surface area contributed by atoms with E-state index in [1.807, 2.05) is 25.1 Å². The fourth-order valence-electron chi connectivity index (χ4n) is 3.30. The fraction of sp³-hybridized carbons (Fsp3) is 0.462. The molecule has 1 atom stereocenters. The summed E-state index contributed by atoms with van der Waals surface area (Å²) >= 11 is 4.48. The lowest BCUT2D eigenvalue weighted by atomic mass is 10.1. The van der Waals surface area contributed by atoms with Crippen LogP contribution in [0.15, 0.2) is 42.5 Å². The average molecular weight is 694 g/mol. The van der Waals surface area contributed by atoms with Crippen LogP contribution < -0.4 is 4.74 Å². The Balaban J connectivity index is 1.66. The van der Waals surface area contributed by atoms with Gasteiger partial charge in [-0.25, -0.2) is 9.59 Å². The van der Waals surface area contributed by atoms with Crippen LogP contribution in [0.5, 0.6) is 5.75 Å². The summed E-state index contributed by atoms with van der Waals surface area (Å²) in [5, 5.41) is 9.14. The van der Waals surface area contributed by atoms with Gasteiger partial charge in [-0.3, -0.25) is 0 Å². The van der Waals surface area contributed by atoms with Gasteiger partial charge in [0.25, 0.3) is 0 Å². The average Bonchev–Trinajstić information content (AvgIpc) is 2.84. The molecule has 0 saturated carbocycles. The highest BCUT2D eigenvalue weighted by Crippen LogP contribution is 2.23. The predicted molar refractivity (Wildman–Crippen MR) is 149 cm³/mol. The SMILES string of the molecule is CCCOC(=O)c1cc(I)ccc1OCCCCCCOC(CI)Cc1cccc(C(=O)O)c1. The van der Waals surface area contributed by atoms with Gasteiger partial charge >= 0.3 is 11.9 Å². The molecule has 34 heavy (non-hydrogen) atoms. The molecule has 0 aromatic heterocycles. The van der Waals surface area contributed by atoms with Crippen LogP contribution in [0.3, 0.4) is 0 Å². The quantitative estimate of drug-likeness (QED) is 0.0929. The topological polar surface area (TPSA) is 82.1 Å². The summed E-state index contributed by atoms with van der Waals surface area (Å²) in [6.45, 7) is 3.59. The van der Waals surface area contributed by atoms with Crippen molar-refractivity contribution < 1.29 is 28.9 Å². The zero-order valence-electron chi connectivity index (χ0n) is 19.4. The number of carbonyl (C=O) groups is 2. The molecule has 2 aromatic rings. The number of carbonyl (C=O) groups excluding carboxylic acids is 1. The maximum atomic E-state index is 12.3. The van der Waals surface area contributed by atoms with E-state index in [0.717, 1.165) is 45.7 Å². The van der Waals surface area contributed by atoms with Gasteiger partial charge in [-0.1, -0.05) is 48.1 Å². The van der Waals surface area contributed by atoms with Crippen molar-refractivity contribution in [3.05, 3.63) is 62.7 Å². The minimum absolute atomic E-state index is 0.0692. The van der Waals surface area contributed by atoms with Crippen molar-refractivity contribution >= 4 is 57.1 Å². The van der Waals surface area contributed by atoms with Crippen LogP contribution in [-0.4, -0.2) is 47.4 Å². The molecular weight excluding hydrogens is 662 g/mol. The summed E-state index contributed by atoms with van der Waals surface area (Å²) in [6, 6.07) is 12.6. The predicted octanol–water partition coefficient (Wildman–Crippen LogP) is 6.56. The monoisotopic (exact) mass is 694 g/mol. The summed E-state index contributed by atoms with van der Waals surface area (Å²) in [7, 11) is 0. The number of hydrogen-bond donors (Lipinski definition) is 1. The van der Waals surface area contributed by atoms with Crippen LogP contribution in [0, 0.1) is 3.57 Å². The van der Waals surface area contributed by atoms with E-state index in [9.17, 15) is 9.59 Å². The molecule has 0 aliphatic rings. The number of carboxylic acids is 1. The van der Waals surface area contributed by atoms with E-state index in [1.165, 1.54) is 0 Å². The zero-order chi connectivity index (χ0) is 24.8. The Morgan fingerprint density at radius 3 is 2.47 bits per heavy atom. The van der Waals surface area contributed by atoms with Crippen molar-refractivity contribution in [2.24, 2.45) is 0 Å². The van der Waals surface area contributed by atoms with Crippen LogP contribution in [0.25, 0.3) is 0 Å². The van der Waals surface area contributed by atoms with Gasteiger partial charge in [0, 0.05) is 14.6 Å². The van der Waals surface area contributed by atoms with Crippen molar-refractivity contribution in [2.45, 2.75) is 51.6 Å². The van der Waals surface area contributed by atoms with Crippen LogP contribution in [0.1, 0.15) is 65.3 Å². The third-order valence-electron chi connectivity index (χ3n) is 5.06. The molecule has 186 valence electrons. The molecule has 0 fully saturated rings. The Kier molecular flexibility index (Phi) is 13.8. The number of benzene rings is 2. The second-order valence-corrected chi connectivity index (χ2v) is 10.0. The third kappa shape index (κ3) is 10.5. The van der Waals surface area contributed by atoms with Gasteiger partial charge in [0.05, 0.1) is 24.9 Å². The van der Waals surface area contributed by atoms with E-state index in [2.05, 4.69) is 45.2 Å². The molecule has 0 heterocycles. The third-order valence-corrected chi connectivity index (χ3v) is 6.71. The van der Waals surface area contributed by atoms with Gasteiger partial charge in [0.15, 0.2) is 0 Å². The molecule has 8 heteroatoms. The highest BCUT2D eigenvalue weighted by atomic mass is 127. The molecule has 1 unspecified atom stereocenters. The number of unbranched alkanes of at least 4 members (excludes halogenated alkanes) is 3. The molecule has 1 N–H and O–H groups in total. The van der Waals surface area contributed by atoms with Gasteiger partial charge in [-0.15, -0.1) is 0 Å². The van der Waals surface area contributed by atoms with Gasteiger partial charge in [0.2, 0.25) is 0 Å². The number of halogens is 2. The number of carboxylic acid groups (broad SMARTS) is 1. The van der Waals surface area contributed by atoms with E-state index >= 15 is 0 Å². The van der Waals surface area contributed by atoms with Crippen LogP contribution in [0.2, 0.25) is 0 Å². The standard InChI is InChI=1S/C26H32I2O6/c1-2-12-34-26(31)23-17-21(28)10-11-24(23)33-14-6-4-3-5-13-32-22(18-27)16-19-8-7-9-20(15-19)25(29)30/h7-11,15,17,22H,2-6,12-14,16,18H2,1H3,(H,29,30). The molecule has 0 amide bonds. The maximum absolute atomic E-state index is 12.3. The first-order chi connectivity index (χ1) is 16.4. The van der Waals surface area contributed by atoms with E-state index in [0.29, 0.717) is 43.1 Å². The van der Waals surface area contributed by atoms with Gasteiger partial charge in [-0.05, 0) is 90.6 Å². The Labute approximate surface area is 229 Å². The van der Waals surface area contributed by atoms with Gasteiger partial charge < -0.3 is 19.3 Å². The number of hydrogen-bond acceptors (Lipinski definition) is 5. The molecule has 0 saturated heterocycles. The summed E-state index contributed by atoms with van der Waals surface area (Å²) < 4.78 is 19.0. The number of esters is 1. The Bertz CT molecular complexity index is 918. The first-order valence-corrected chi connectivity index (χ1v) is 14.1. The van der Waals surface area contributed by atoms with Crippen molar-refractivity contribution in [2.75, 3.05) is 24.2 Å². The fourth-order valence-corrected chi connectivity index (χ4v) is 4.36. The maximum Gasteiger partial charge on any atom is 0.341 e. The second kappa shape index (κ2) is 16.3. The molecular formula is C26H32I2O6. The molecule has 2 aromatic carbocycles. The summed E-state index contributed by atoms with van der Waals surface area (Å²) in [4.78, 5) is 23.4. The minimum atomic E-state index is -0.910. The number of ether oxygens (including phenoxy) is 3. The Morgan fingerprint density at radius 1 is 1.00 bits per heavy atom. The summed E-state index contributed by atoms with van der Waals surface area (Å²) in [5.41, 5.74) is 1.77. The molecule has 0 aliphatic carbocycles. The van der Waals surface area contributed by atoms with E-state index in [-0.39, 0.29) is 12.1 Å². The smallest absolute Gasteiger partial charge is 0.341 e. The van der Waals surface area contributed by atoms with Gasteiger partial charge in [0.1, 0.15) is 11.3 Å². The molecule has 6 nitrogen and oxygen atoms in total. The van der Waals surface area contributed by atoms with Crippen molar-refractivity contribution in [1.82, 2.24) is 0 Å². The van der Waals surface area contributed by atoms with Gasteiger partial charge in [-0.2, -0.15) is 0 Å². The number of alkyl halides is 1. The summed E-state index contributed by atoms with van der Waals surface area (Å²) in [5.74, 6) is -0.679. The first-order valence-electron chi connectivity index (χ1n) is 11.5. The van der Waals surface area contributed by atoms with E-state index < -0.39 is 5.97 Å². The Morgan fingerprint density at radius 2 is 1.76 bits per heavy atom. The van der Waals surface area contributed by atoms with Crippen LogP contribution >= 0.6 is 45.2 Å². The highest BCUT2D eigenvalue weighted by molar-refractivity contribution is 14.1. The molecule has 0 spiro atoms. The largest absolute Gasteiger partial charge is 0.493 e. The van der Waals surface area contributed by atoms with E-state index in [4.69, 9.17) is 19.3 Å². The lowest BCUT2D eigenvalue weighted by molar-refractivity contribution is 0.0499. The second-order valence-electron chi connectivity index (χ2n) is 7.90.